The minimum Gasteiger partial charge on any atom is -0.496 e. The number of nitrogens with zero attached hydrogens (tertiary/aromatic N) is 1. The van der Waals surface area contributed by atoms with Gasteiger partial charge in [-0.15, -0.1) is 0 Å². The van der Waals surface area contributed by atoms with Crippen molar-refractivity contribution in [3.63, 3.8) is 0 Å². The van der Waals surface area contributed by atoms with Crippen LogP contribution in [0.2, 0.25) is 0 Å². The van der Waals surface area contributed by atoms with E-state index in [0.717, 1.165) is 36.7 Å². The number of hydrogen-bond donors (Lipinski definition) is 0. The van der Waals surface area contributed by atoms with Crippen molar-refractivity contribution in [2.24, 2.45) is 0 Å². The molecule has 0 amide bonds. The molecular weight excluding hydrogens is 322 g/mol. The number of allylic oxidation sites excluding steroid dienone is 1. The fourth-order valence-electron chi connectivity index (χ4n) is 4.58. The minimum atomic E-state index is 0.243. The van der Waals surface area contributed by atoms with Crippen LogP contribution in [0.3, 0.4) is 0 Å². The van der Waals surface area contributed by atoms with E-state index in [1.165, 1.54) is 29.5 Å². The van der Waals surface area contributed by atoms with E-state index in [1.807, 2.05) is 0 Å². The monoisotopic (exact) mass is 349 g/mol. The highest BCUT2D eigenvalue weighted by Gasteiger charge is 2.37. The summed E-state index contributed by atoms with van der Waals surface area (Å²) in [6.07, 6.45) is 7.10. The van der Waals surface area contributed by atoms with Crippen molar-refractivity contribution in [3.8, 4) is 11.5 Å². The molecule has 0 bridgehead atoms. The molecular formula is C23H27NO2. The summed E-state index contributed by atoms with van der Waals surface area (Å²) in [7, 11) is 3.45. The molecule has 0 unspecified atom stereocenters. The highest BCUT2D eigenvalue weighted by molar-refractivity contribution is 5.65. The maximum Gasteiger partial charge on any atom is 0.129 e. The highest BCUT2D eigenvalue weighted by atomic mass is 16.5. The molecule has 136 valence electrons. The van der Waals surface area contributed by atoms with Gasteiger partial charge in [0, 0.05) is 23.1 Å². The van der Waals surface area contributed by atoms with Crippen molar-refractivity contribution in [2.75, 3.05) is 27.3 Å². The van der Waals surface area contributed by atoms with Crippen molar-refractivity contribution in [1.29, 1.82) is 0 Å². The summed E-state index contributed by atoms with van der Waals surface area (Å²) in [4.78, 5) is 2.55. The largest absolute Gasteiger partial charge is 0.496 e. The maximum absolute atomic E-state index is 5.68. The topological polar surface area (TPSA) is 21.7 Å². The van der Waals surface area contributed by atoms with Crippen LogP contribution in [-0.2, 0) is 12.0 Å². The highest BCUT2D eigenvalue weighted by Crippen LogP contribution is 2.44. The molecule has 1 saturated heterocycles. The van der Waals surface area contributed by atoms with E-state index in [0.29, 0.717) is 0 Å². The van der Waals surface area contributed by atoms with Crippen LogP contribution < -0.4 is 9.47 Å². The molecule has 1 heterocycles. The van der Waals surface area contributed by atoms with Crippen molar-refractivity contribution >= 4 is 6.08 Å². The number of hydrogen-bond acceptors (Lipinski definition) is 3. The third-order valence-corrected chi connectivity index (χ3v) is 6.08. The van der Waals surface area contributed by atoms with Crippen LogP contribution in [0.1, 0.15) is 35.1 Å². The Kier molecular flexibility index (Phi) is 4.49. The van der Waals surface area contributed by atoms with Crippen LogP contribution in [0.15, 0.2) is 42.5 Å². The molecule has 3 heteroatoms. The van der Waals surface area contributed by atoms with Crippen LogP contribution in [0.25, 0.3) is 6.08 Å². The molecule has 1 aliphatic heterocycles. The smallest absolute Gasteiger partial charge is 0.129 e. The van der Waals surface area contributed by atoms with Crippen LogP contribution in [0, 0.1) is 6.92 Å². The van der Waals surface area contributed by atoms with Gasteiger partial charge < -0.3 is 9.47 Å². The molecule has 2 aromatic carbocycles. The average molecular weight is 349 g/mol. The second-order valence-corrected chi connectivity index (χ2v) is 7.44. The summed E-state index contributed by atoms with van der Waals surface area (Å²) in [6, 6.07) is 13.0. The molecule has 0 saturated carbocycles. The lowest BCUT2D eigenvalue weighted by Gasteiger charge is -2.39. The van der Waals surface area contributed by atoms with E-state index in [1.54, 1.807) is 14.2 Å². The Balaban J connectivity index is 1.49. The molecule has 3 nitrogen and oxygen atoms in total. The fourth-order valence-corrected chi connectivity index (χ4v) is 4.58. The predicted molar refractivity (Wildman–Crippen MR) is 106 cm³/mol. The molecule has 2 aliphatic rings. The Morgan fingerprint density at radius 3 is 2.50 bits per heavy atom. The predicted octanol–water partition coefficient (Wildman–Crippen LogP) is 4.57. The van der Waals surface area contributed by atoms with E-state index in [2.05, 4.69) is 60.4 Å². The first kappa shape index (κ1) is 17.2. The van der Waals surface area contributed by atoms with Gasteiger partial charge in [0.05, 0.1) is 14.2 Å². The number of piperidine rings is 1. The molecule has 4 rings (SSSR count). The zero-order valence-corrected chi connectivity index (χ0v) is 15.9. The van der Waals surface area contributed by atoms with Gasteiger partial charge in [-0.1, -0.05) is 42.5 Å². The first-order valence-electron chi connectivity index (χ1n) is 9.38. The van der Waals surface area contributed by atoms with Crippen molar-refractivity contribution in [3.05, 3.63) is 64.7 Å². The van der Waals surface area contributed by atoms with E-state index in [4.69, 9.17) is 9.47 Å². The van der Waals surface area contributed by atoms with Gasteiger partial charge in [0.15, 0.2) is 0 Å². The molecule has 0 atom stereocenters. The van der Waals surface area contributed by atoms with Gasteiger partial charge in [0.1, 0.15) is 11.5 Å². The summed E-state index contributed by atoms with van der Waals surface area (Å²) in [5.74, 6) is 1.84. The number of methoxy groups -OCH3 is 2. The first-order valence-corrected chi connectivity index (χ1v) is 9.38. The molecule has 1 aliphatic carbocycles. The van der Waals surface area contributed by atoms with Crippen LogP contribution in [0.4, 0.5) is 0 Å². The van der Waals surface area contributed by atoms with Gasteiger partial charge in [-0.2, -0.15) is 0 Å². The van der Waals surface area contributed by atoms with Gasteiger partial charge in [-0.25, -0.2) is 0 Å². The number of likely N-dealkylation sites (tertiary alicyclic amines) is 1. The second kappa shape index (κ2) is 6.81. The van der Waals surface area contributed by atoms with Crippen molar-refractivity contribution in [1.82, 2.24) is 4.90 Å². The van der Waals surface area contributed by atoms with Crippen LogP contribution in [-0.4, -0.2) is 32.2 Å². The van der Waals surface area contributed by atoms with Gasteiger partial charge in [0.2, 0.25) is 0 Å². The summed E-state index contributed by atoms with van der Waals surface area (Å²) in [5.41, 5.74) is 5.47. The third-order valence-electron chi connectivity index (χ3n) is 6.08. The number of benzene rings is 2. The van der Waals surface area contributed by atoms with E-state index >= 15 is 0 Å². The van der Waals surface area contributed by atoms with Crippen molar-refractivity contribution < 1.29 is 9.47 Å². The Hall–Kier alpha value is -2.26. The van der Waals surface area contributed by atoms with E-state index in [-0.39, 0.29) is 5.41 Å². The molecule has 2 aromatic rings. The molecule has 26 heavy (non-hydrogen) atoms. The lowest BCUT2D eigenvalue weighted by atomic mass is 9.74. The number of ether oxygens (including phenoxy) is 2. The van der Waals surface area contributed by atoms with Gasteiger partial charge >= 0.3 is 0 Å². The number of rotatable bonds is 4. The summed E-state index contributed by atoms with van der Waals surface area (Å²) in [6.45, 7) is 5.20. The Morgan fingerprint density at radius 2 is 1.77 bits per heavy atom. The third kappa shape index (κ3) is 2.80. The van der Waals surface area contributed by atoms with E-state index in [9.17, 15) is 0 Å². The van der Waals surface area contributed by atoms with Crippen molar-refractivity contribution in [2.45, 2.75) is 31.7 Å². The van der Waals surface area contributed by atoms with Gasteiger partial charge in [-0.05, 0) is 50.0 Å². The second-order valence-electron chi connectivity index (χ2n) is 7.44. The first-order chi connectivity index (χ1) is 12.7. The lowest BCUT2D eigenvalue weighted by molar-refractivity contribution is 0.175. The quantitative estimate of drug-likeness (QED) is 0.807. The van der Waals surface area contributed by atoms with Gasteiger partial charge in [0.25, 0.3) is 0 Å². The Bertz CT molecular complexity index is 832. The number of fused-ring (bicyclic) bond motifs is 2. The zero-order valence-electron chi connectivity index (χ0n) is 15.9. The Morgan fingerprint density at radius 1 is 1.00 bits per heavy atom. The summed E-state index contributed by atoms with van der Waals surface area (Å²) in [5, 5.41) is 0. The fraction of sp³-hybridized carbons (Fsp3) is 0.391. The van der Waals surface area contributed by atoms with Crippen LogP contribution >= 0.6 is 0 Å². The average Bonchev–Trinajstić information content (AvgIpc) is 3.03. The van der Waals surface area contributed by atoms with Gasteiger partial charge in [-0.3, -0.25) is 4.90 Å². The summed E-state index contributed by atoms with van der Waals surface area (Å²) >= 11 is 0. The molecule has 0 radical (unpaired) electrons. The molecule has 0 aromatic heterocycles. The molecule has 1 fully saturated rings. The zero-order chi connectivity index (χ0) is 18.1. The standard InChI is InChI=1S/C23H27NO2/c1-17-21(25-2)9-8-19(22(17)26-3)16-24-14-12-23(13-15-24)11-10-18-6-4-5-7-20(18)23/h4-11H,12-16H2,1-3H3. The minimum absolute atomic E-state index is 0.243. The summed E-state index contributed by atoms with van der Waals surface area (Å²) < 4.78 is 11.1. The Labute approximate surface area is 156 Å². The SMILES string of the molecule is COc1ccc(CN2CCC3(C=Cc4ccccc43)CC2)c(OC)c1C. The molecule has 1 spiro atoms. The maximum atomic E-state index is 5.68. The van der Waals surface area contributed by atoms with Crippen LogP contribution in [0.5, 0.6) is 11.5 Å². The lowest BCUT2D eigenvalue weighted by Crippen LogP contribution is -2.40. The molecule has 0 N–H and O–H groups in total. The van der Waals surface area contributed by atoms with E-state index < -0.39 is 0 Å². The normalized spacial score (nSPS) is 18.1.